The molecule has 0 aliphatic heterocycles. The summed E-state index contributed by atoms with van der Waals surface area (Å²) in [6, 6.07) is 2.50. The van der Waals surface area contributed by atoms with Crippen molar-refractivity contribution in [3.63, 3.8) is 0 Å². The summed E-state index contributed by atoms with van der Waals surface area (Å²) >= 11 is 0. The summed E-state index contributed by atoms with van der Waals surface area (Å²) in [4.78, 5) is 0. The van der Waals surface area contributed by atoms with Crippen LogP contribution in [-0.2, 0) is 6.42 Å². The Labute approximate surface area is 92.1 Å². The standard InChI is InChI=1S/C12H22N2O/c1-5-10(2)14-7-6-11(13-14)8-12(3,4)9-15/h6-7,10,15H,5,8-9H2,1-4H3. The lowest BCUT2D eigenvalue weighted by Crippen LogP contribution is -2.20. The summed E-state index contributed by atoms with van der Waals surface area (Å²) in [6.07, 6.45) is 3.94. The first-order chi connectivity index (χ1) is 6.98. The van der Waals surface area contributed by atoms with Crippen molar-refractivity contribution in [1.82, 2.24) is 9.78 Å². The molecule has 3 nitrogen and oxygen atoms in total. The van der Waals surface area contributed by atoms with Gasteiger partial charge in [-0.3, -0.25) is 4.68 Å². The SMILES string of the molecule is CCC(C)n1ccc(CC(C)(C)CO)n1. The van der Waals surface area contributed by atoms with E-state index in [1.165, 1.54) is 0 Å². The van der Waals surface area contributed by atoms with Crippen molar-refractivity contribution in [3.8, 4) is 0 Å². The van der Waals surface area contributed by atoms with Crippen LogP contribution in [0.15, 0.2) is 12.3 Å². The highest BCUT2D eigenvalue weighted by Crippen LogP contribution is 2.20. The van der Waals surface area contributed by atoms with E-state index < -0.39 is 0 Å². The fraction of sp³-hybridized carbons (Fsp3) is 0.750. The summed E-state index contributed by atoms with van der Waals surface area (Å²) < 4.78 is 2.00. The van der Waals surface area contributed by atoms with Crippen molar-refractivity contribution in [1.29, 1.82) is 0 Å². The molecule has 0 aliphatic carbocycles. The molecule has 0 fully saturated rings. The quantitative estimate of drug-likeness (QED) is 0.810. The predicted molar refractivity (Wildman–Crippen MR) is 61.8 cm³/mol. The van der Waals surface area contributed by atoms with Gasteiger partial charge in [-0.25, -0.2) is 0 Å². The Morgan fingerprint density at radius 3 is 2.73 bits per heavy atom. The maximum absolute atomic E-state index is 9.18. The van der Waals surface area contributed by atoms with Crippen LogP contribution in [0.25, 0.3) is 0 Å². The second-order valence-electron chi connectivity index (χ2n) is 5.04. The van der Waals surface area contributed by atoms with E-state index in [9.17, 15) is 5.11 Å². The average Bonchev–Trinajstić information content (AvgIpc) is 2.64. The Bertz CT molecular complexity index is 304. The first kappa shape index (κ1) is 12.2. The Hall–Kier alpha value is -0.830. The van der Waals surface area contributed by atoms with Crippen molar-refractivity contribution in [3.05, 3.63) is 18.0 Å². The van der Waals surface area contributed by atoms with Gasteiger partial charge in [-0.1, -0.05) is 20.8 Å². The van der Waals surface area contributed by atoms with Crippen molar-refractivity contribution in [2.24, 2.45) is 5.41 Å². The third-order valence-corrected chi connectivity index (χ3v) is 2.79. The average molecular weight is 210 g/mol. The van der Waals surface area contributed by atoms with Crippen LogP contribution in [0.4, 0.5) is 0 Å². The molecule has 0 aliphatic rings. The van der Waals surface area contributed by atoms with Gasteiger partial charge in [0, 0.05) is 18.8 Å². The van der Waals surface area contributed by atoms with Crippen molar-refractivity contribution in [2.45, 2.75) is 46.6 Å². The highest BCUT2D eigenvalue weighted by molar-refractivity contribution is 5.02. The van der Waals surface area contributed by atoms with Gasteiger partial charge in [-0.05, 0) is 31.2 Å². The third kappa shape index (κ3) is 3.34. The van der Waals surface area contributed by atoms with Crippen LogP contribution in [0.3, 0.4) is 0 Å². The largest absolute Gasteiger partial charge is 0.396 e. The molecule has 0 amide bonds. The van der Waals surface area contributed by atoms with Crippen LogP contribution in [0.5, 0.6) is 0 Å². The molecule has 1 aromatic heterocycles. The van der Waals surface area contributed by atoms with Gasteiger partial charge in [-0.15, -0.1) is 0 Å². The zero-order valence-electron chi connectivity index (χ0n) is 10.2. The van der Waals surface area contributed by atoms with Gasteiger partial charge >= 0.3 is 0 Å². The monoisotopic (exact) mass is 210 g/mol. The van der Waals surface area contributed by atoms with Crippen LogP contribution in [0.2, 0.25) is 0 Å². The minimum absolute atomic E-state index is 0.0748. The number of aromatic nitrogens is 2. The minimum Gasteiger partial charge on any atom is -0.396 e. The first-order valence-corrected chi connectivity index (χ1v) is 5.63. The molecule has 1 unspecified atom stereocenters. The van der Waals surface area contributed by atoms with Gasteiger partial charge < -0.3 is 5.11 Å². The number of aliphatic hydroxyl groups is 1. The van der Waals surface area contributed by atoms with Gasteiger partial charge in [-0.2, -0.15) is 5.10 Å². The molecule has 1 N–H and O–H groups in total. The molecule has 3 heteroatoms. The molecule has 0 radical (unpaired) electrons. The second-order valence-corrected chi connectivity index (χ2v) is 5.04. The van der Waals surface area contributed by atoms with E-state index in [0.717, 1.165) is 18.5 Å². The smallest absolute Gasteiger partial charge is 0.0630 e. The maximum Gasteiger partial charge on any atom is 0.0630 e. The van der Waals surface area contributed by atoms with Crippen LogP contribution in [0.1, 0.15) is 45.9 Å². The van der Waals surface area contributed by atoms with E-state index in [1.807, 2.05) is 16.9 Å². The Morgan fingerprint density at radius 1 is 1.53 bits per heavy atom. The highest BCUT2D eigenvalue weighted by atomic mass is 16.3. The highest BCUT2D eigenvalue weighted by Gasteiger charge is 2.18. The van der Waals surface area contributed by atoms with Crippen molar-refractivity contribution < 1.29 is 5.11 Å². The van der Waals surface area contributed by atoms with Crippen LogP contribution >= 0.6 is 0 Å². The predicted octanol–water partition coefficient (Wildman–Crippen LogP) is 2.42. The molecular formula is C12H22N2O. The van der Waals surface area contributed by atoms with Crippen LogP contribution in [-0.4, -0.2) is 21.5 Å². The Balaban J connectivity index is 2.68. The fourth-order valence-corrected chi connectivity index (χ4v) is 1.45. The van der Waals surface area contributed by atoms with Crippen LogP contribution < -0.4 is 0 Å². The first-order valence-electron chi connectivity index (χ1n) is 5.63. The van der Waals surface area contributed by atoms with E-state index in [0.29, 0.717) is 6.04 Å². The number of aliphatic hydroxyl groups excluding tert-OH is 1. The molecule has 0 aromatic carbocycles. The van der Waals surface area contributed by atoms with E-state index in [1.54, 1.807) is 0 Å². The van der Waals surface area contributed by atoms with E-state index in [4.69, 9.17) is 0 Å². The molecule has 0 saturated carbocycles. The number of nitrogens with zero attached hydrogens (tertiary/aromatic N) is 2. The zero-order valence-corrected chi connectivity index (χ0v) is 10.2. The number of hydrogen-bond donors (Lipinski definition) is 1. The van der Waals surface area contributed by atoms with Gasteiger partial charge in [0.25, 0.3) is 0 Å². The molecule has 0 spiro atoms. The number of hydrogen-bond acceptors (Lipinski definition) is 2. The maximum atomic E-state index is 9.18. The lowest BCUT2D eigenvalue weighted by atomic mass is 9.89. The summed E-state index contributed by atoms with van der Waals surface area (Å²) in [5.41, 5.74) is 0.989. The van der Waals surface area contributed by atoms with Gasteiger partial charge in [0.1, 0.15) is 0 Å². The summed E-state index contributed by atoms with van der Waals surface area (Å²) in [5.74, 6) is 0. The Morgan fingerprint density at radius 2 is 2.20 bits per heavy atom. The second kappa shape index (κ2) is 4.79. The molecule has 1 aromatic rings. The molecule has 0 saturated heterocycles. The van der Waals surface area contributed by atoms with Crippen molar-refractivity contribution in [2.75, 3.05) is 6.61 Å². The third-order valence-electron chi connectivity index (χ3n) is 2.79. The van der Waals surface area contributed by atoms with Gasteiger partial charge in [0.15, 0.2) is 0 Å². The molecule has 0 bridgehead atoms. The summed E-state index contributed by atoms with van der Waals surface area (Å²) in [5, 5.41) is 13.7. The topological polar surface area (TPSA) is 38.0 Å². The summed E-state index contributed by atoms with van der Waals surface area (Å²) in [6.45, 7) is 8.62. The summed E-state index contributed by atoms with van der Waals surface area (Å²) in [7, 11) is 0. The van der Waals surface area contributed by atoms with Gasteiger partial charge in [0.2, 0.25) is 0 Å². The van der Waals surface area contributed by atoms with E-state index in [-0.39, 0.29) is 12.0 Å². The lowest BCUT2D eigenvalue weighted by Gasteiger charge is -2.19. The molecule has 1 heterocycles. The zero-order chi connectivity index (χ0) is 11.5. The normalized spacial score (nSPS) is 14.2. The molecule has 15 heavy (non-hydrogen) atoms. The molecule has 1 rings (SSSR count). The fourth-order valence-electron chi connectivity index (χ4n) is 1.45. The minimum atomic E-state index is -0.0748. The van der Waals surface area contributed by atoms with Crippen molar-refractivity contribution >= 4 is 0 Å². The van der Waals surface area contributed by atoms with Gasteiger partial charge in [0.05, 0.1) is 5.69 Å². The Kier molecular flexibility index (Phi) is 3.91. The molecule has 1 atom stereocenters. The van der Waals surface area contributed by atoms with E-state index in [2.05, 4.69) is 32.8 Å². The van der Waals surface area contributed by atoms with Crippen LogP contribution in [0, 0.1) is 5.41 Å². The lowest BCUT2D eigenvalue weighted by molar-refractivity contribution is 0.158. The molecular weight excluding hydrogens is 188 g/mol. The van der Waals surface area contributed by atoms with E-state index >= 15 is 0 Å². The number of rotatable bonds is 5. The molecule has 86 valence electrons.